The van der Waals surface area contributed by atoms with E-state index in [9.17, 15) is 0 Å². The molecule has 17 heavy (non-hydrogen) atoms. The molecule has 1 aliphatic carbocycles. The van der Waals surface area contributed by atoms with E-state index < -0.39 is 14.7 Å². The molecule has 0 aromatic heterocycles. The fourth-order valence-electron chi connectivity index (χ4n) is 2.34. The molecule has 0 aliphatic heterocycles. The molecule has 1 unspecified atom stereocenters. The Morgan fingerprint density at radius 2 is 1.82 bits per heavy atom. The van der Waals surface area contributed by atoms with Crippen LogP contribution in [0.1, 0.15) is 32.1 Å². The van der Waals surface area contributed by atoms with E-state index in [0.717, 1.165) is 0 Å². The zero-order chi connectivity index (χ0) is 12.1. The van der Waals surface area contributed by atoms with Gasteiger partial charge in [-0.05, 0) is 0 Å². The van der Waals surface area contributed by atoms with Crippen LogP contribution < -0.4 is 9.67 Å². The first-order valence-corrected chi connectivity index (χ1v) is 10.1. The van der Waals surface area contributed by atoms with Crippen LogP contribution in [0.3, 0.4) is 0 Å². The predicted molar refractivity (Wildman–Crippen MR) is 77.0 cm³/mol. The molecular weight excluding hydrogens is 269 g/mol. The van der Waals surface area contributed by atoms with Crippen molar-refractivity contribution in [2.45, 2.75) is 43.9 Å². The van der Waals surface area contributed by atoms with Crippen LogP contribution in [0.25, 0.3) is 0 Å². The third-order valence-electron chi connectivity index (χ3n) is 3.42. The number of terminal acetylenes is 1. The topological polar surface area (TPSA) is 12.0 Å². The summed E-state index contributed by atoms with van der Waals surface area (Å²) in [6.07, 6.45) is 12.3. The van der Waals surface area contributed by atoms with E-state index in [1.54, 1.807) is 0 Å². The molecule has 1 aliphatic rings. The molecule has 1 fully saturated rings. The Balaban J connectivity index is 1.96. The first-order chi connectivity index (χ1) is 8.29. The van der Waals surface area contributed by atoms with Gasteiger partial charge in [-0.1, -0.05) is 0 Å². The number of hydrogen-bond donors (Lipinski definition) is 1. The first-order valence-electron chi connectivity index (χ1n) is 6.36. The summed E-state index contributed by atoms with van der Waals surface area (Å²) < 4.78 is 4.28. The minimum absolute atomic E-state index is 0.678. The third kappa shape index (κ3) is 3.55. The van der Waals surface area contributed by atoms with Crippen molar-refractivity contribution in [2.24, 2.45) is 0 Å². The van der Waals surface area contributed by atoms with Crippen molar-refractivity contribution >= 4 is 24.7 Å². The molecule has 0 radical (unpaired) electrons. The summed E-state index contributed by atoms with van der Waals surface area (Å²) in [6.45, 7) is 0. The quantitative estimate of drug-likeness (QED) is 0.666. The number of nitrogens with one attached hydrogen (secondary N) is 1. The normalized spacial score (nSPS) is 18.4. The van der Waals surface area contributed by atoms with Crippen LogP contribution in [0.4, 0.5) is 5.69 Å². The fourth-order valence-corrected chi connectivity index (χ4v) is 3.90. The average molecular weight is 289 g/mol. The second-order valence-corrected chi connectivity index (χ2v) is 8.69. The molecule has 1 N–H and O–H groups in total. The summed E-state index contributed by atoms with van der Waals surface area (Å²) in [5.41, 5.74) is 3.45. The van der Waals surface area contributed by atoms with Gasteiger partial charge in [-0.2, -0.15) is 0 Å². The number of anilines is 1. The van der Waals surface area contributed by atoms with Crippen molar-refractivity contribution in [3.05, 3.63) is 24.3 Å². The summed E-state index contributed by atoms with van der Waals surface area (Å²) in [5, 5.41) is 3.63. The summed E-state index contributed by atoms with van der Waals surface area (Å²) in [4.78, 5) is 0. The van der Waals surface area contributed by atoms with Gasteiger partial charge in [0.1, 0.15) is 0 Å². The molecule has 0 saturated heterocycles. The Kier molecular flexibility index (Phi) is 4.57. The van der Waals surface area contributed by atoms with Gasteiger partial charge in [0.2, 0.25) is 0 Å². The molecule has 2 heteroatoms. The van der Waals surface area contributed by atoms with Gasteiger partial charge < -0.3 is 0 Å². The van der Waals surface area contributed by atoms with Crippen molar-refractivity contribution in [2.75, 3.05) is 5.32 Å². The second kappa shape index (κ2) is 6.17. The second-order valence-electron chi connectivity index (χ2n) is 4.71. The molecule has 1 aromatic rings. The first kappa shape index (κ1) is 12.6. The van der Waals surface area contributed by atoms with E-state index in [4.69, 9.17) is 6.42 Å². The molecule has 0 bridgehead atoms. The van der Waals surface area contributed by atoms with Crippen LogP contribution >= 0.6 is 0 Å². The van der Waals surface area contributed by atoms with Crippen molar-refractivity contribution < 1.29 is 0 Å². The Labute approximate surface area is 109 Å². The average Bonchev–Trinajstić information content (AvgIpc) is 2.40. The summed E-state index contributed by atoms with van der Waals surface area (Å²) in [6, 6.07) is 9.45. The van der Waals surface area contributed by atoms with E-state index in [1.165, 1.54) is 42.1 Å². The van der Waals surface area contributed by atoms with Gasteiger partial charge in [-0.15, -0.1) is 0 Å². The monoisotopic (exact) mass is 289 g/mol. The molecule has 2 rings (SSSR count). The maximum atomic E-state index is 5.49. The Hall–Kier alpha value is -0.862. The van der Waals surface area contributed by atoms with Gasteiger partial charge in [0.25, 0.3) is 0 Å². The van der Waals surface area contributed by atoms with E-state index in [-0.39, 0.29) is 0 Å². The number of benzene rings is 1. The molecule has 0 amide bonds. The van der Waals surface area contributed by atoms with Crippen LogP contribution in [0.5, 0.6) is 0 Å². The predicted octanol–water partition coefficient (Wildman–Crippen LogP) is 2.94. The minimum atomic E-state index is -1.17. The van der Waals surface area contributed by atoms with Crippen molar-refractivity contribution in [1.82, 2.24) is 0 Å². The van der Waals surface area contributed by atoms with Gasteiger partial charge in [-0.25, -0.2) is 0 Å². The number of hydrogen-bond acceptors (Lipinski definition) is 1. The van der Waals surface area contributed by atoms with Crippen LogP contribution in [0.15, 0.2) is 24.3 Å². The maximum absolute atomic E-state index is 5.49. The van der Waals surface area contributed by atoms with Gasteiger partial charge >= 0.3 is 109 Å². The molecule has 1 nitrogen and oxygen atoms in total. The molecule has 0 heterocycles. The molecule has 1 atom stereocenters. The van der Waals surface area contributed by atoms with Crippen molar-refractivity contribution in [1.29, 1.82) is 0 Å². The van der Waals surface area contributed by atoms with Crippen molar-refractivity contribution in [3.8, 4) is 11.1 Å². The van der Waals surface area contributed by atoms with Gasteiger partial charge in [0.05, 0.1) is 0 Å². The zero-order valence-electron chi connectivity index (χ0n) is 10.4. The zero-order valence-corrected chi connectivity index (χ0v) is 12.3. The Morgan fingerprint density at radius 1 is 1.18 bits per heavy atom. The fraction of sp³-hybridized carbons (Fsp3) is 0.467. The standard InChI is InChI=1S/C15H20AsN/c1-3-16(2)13-9-11-15(12-10-13)17-14-7-5-4-6-8-14/h1,9-12,14,17H,4-8H2,2H3. The van der Waals surface area contributed by atoms with E-state index in [0.29, 0.717) is 6.04 Å². The molecule has 1 saturated carbocycles. The Bertz CT molecular complexity index is 384. The van der Waals surface area contributed by atoms with Gasteiger partial charge in [0, 0.05) is 0 Å². The summed E-state index contributed by atoms with van der Waals surface area (Å²) in [5.74, 6) is 0. The Morgan fingerprint density at radius 3 is 2.41 bits per heavy atom. The van der Waals surface area contributed by atoms with E-state index in [1.807, 2.05) is 0 Å². The van der Waals surface area contributed by atoms with Crippen LogP contribution in [-0.4, -0.2) is 20.7 Å². The van der Waals surface area contributed by atoms with Crippen LogP contribution in [0.2, 0.25) is 5.71 Å². The summed E-state index contributed by atoms with van der Waals surface area (Å²) >= 11 is -1.17. The van der Waals surface area contributed by atoms with Gasteiger partial charge in [-0.3, -0.25) is 0 Å². The van der Waals surface area contributed by atoms with Crippen LogP contribution in [0, 0.1) is 11.1 Å². The van der Waals surface area contributed by atoms with E-state index in [2.05, 4.69) is 40.0 Å². The molecular formula is C15H20AsN. The van der Waals surface area contributed by atoms with Crippen molar-refractivity contribution in [3.63, 3.8) is 0 Å². The number of rotatable bonds is 3. The van der Waals surface area contributed by atoms with Crippen LogP contribution in [-0.2, 0) is 0 Å². The SMILES string of the molecule is C#C[As](C)c1ccc(NC2CCCCC2)cc1. The third-order valence-corrected chi connectivity index (χ3v) is 6.49. The summed E-state index contributed by atoms with van der Waals surface area (Å²) in [7, 11) is 0. The molecule has 0 spiro atoms. The van der Waals surface area contributed by atoms with E-state index >= 15 is 0 Å². The molecule has 1 aromatic carbocycles. The van der Waals surface area contributed by atoms with Gasteiger partial charge in [0.15, 0.2) is 0 Å². The molecule has 90 valence electrons.